The van der Waals surface area contributed by atoms with Gasteiger partial charge in [-0.05, 0) is 5.56 Å². The van der Waals surface area contributed by atoms with Crippen LogP contribution in [0.1, 0.15) is 55.8 Å². The molecule has 0 saturated heterocycles. The van der Waals surface area contributed by atoms with Crippen LogP contribution in [-0.2, 0) is 6.42 Å². The molecule has 6 nitrogen and oxygen atoms in total. The van der Waals surface area contributed by atoms with E-state index < -0.39 is 6.91 Å². The van der Waals surface area contributed by atoms with Crippen molar-refractivity contribution in [3.8, 4) is 5.75 Å². The van der Waals surface area contributed by atoms with Crippen molar-refractivity contribution < 1.29 is 26.3 Å². The standard InChI is InChI=1S/C43H49FN5OP.ClH/c44-51(38-21-11-6-12-22-38,39-23-13-7-14-24-39,40-25-15-8-16-26-40)34-18-4-2-1-3-17-33-50-37-29-27-36(28-30-37)41-47-42(45)49-43(48-41)46-32-31-35-19-9-5-10-20-35;/h5-16,19-30,41H,1-4,17-18,31-34H2,(H4,45,46,47,48,49);1H. The molecular formula is C43H50ClFN5OP. The zero-order chi connectivity index (χ0) is 35.2. The Morgan fingerprint density at radius 2 is 1.15 bits per heavy atom. The monoisotopic (exact) mass is 737 g/mol. The minimum Gasteiger partial charge on any atom is -1.00 e. The van der Waals surface area contributed by atoms with E-state index in [1.165, 1.54) is 5.56 Å². The van der Waals surface area contributed by atoms with E-state index in [0.717, 1.165) is 84.7 Å². The summed E-state index contributed by atoms with van der Waals surface area (Å²) < 4.78 is 24.6. The summed E-state index contributed by atoms with van der Waals surface area (Å²) >= 11 is 0. The molecule has 1 aliphatic rings. The number of guanidine groups is 2. The Hall–Kier alpha value is -4.71. The van der Waals surface area contributed by atoms with E-state index in [0.29, 0.717) is 18.7 Å². The van der Waals surface area contributed by atoms with Crippen LogP contribution in [0.5, 0.6) is 5.75 Å². The summed E-state index contributed by atoms with van der Waals surface area (Å²) in [6, 6.07) is 48.0. The molecule has 0 bridgehead atoms. The molecule has 52 heavy (non-hydrogen) atoms. The van der Waals surface area contributed by atoms with E-state index in [1.54, 1.807) is 0 Å². The number of nitrogens with two attached hydrogens (primary N) is 1. The fourth-order valence-corrected chi connectivity index (χ4v) is 11.8. The van der Waals surface area contributed by atoms with Gasteiger partial charge in [-0.25, -0.2) is 5.32 Å². The zero-order valence-electron chi connectivity index (χ0n) is 29.6. The van der Waals surface area contributed by atoms with Gasteiger partial charge < -0.3 is 18.1 Å². The van der Waals surface area contributed by atoms with Crippen molar-refractivity contribution in [3.63, 3.8) is 0 Å². The van der Waals surface area contributed by atoms with Gasteiger partial charge in [-0.15, -0.1) is 0 Å². The van der Waals surface area contributed by atoms with Crippen LogP contribution in [0.2, 0.25) is 0 Å². The number of hydrogen-bond donors (Lipinski definition) is 4. The van der Waals surface area contributed by atoms with Crippen molar-refractivity contribution in [2.45, 2.75) is 51.1 Å². The molecule has 1 atom stereocenters. The molecule has 5 aromatic carbocycles. The molecule has 5 aromatic rings. The molecule has 1 unspecified atom stereocenters. The third kappa shape index (κ3) is 9.39. The van der Waals surface area contributed by atoms with Gasteiger partial charge in [-0.3, -0.25) is 10.3 Å². The number of hydrogen-bond acceptors (Lipinski definition) is 3. The molecule has 1 heterocycles. The van der Waals surface area contributed by atoms with E-state index in [9.17, 15) is 0 Å². The molecule has 0 aliphatic carbocycles. The minimum atomic E-state index is -4.14. The first kappa shape index (κ1) is 38.5. The quantitative estimate of drug-likeness (QED) is 0.0875. The fraction of sp³-hybridized carbons (Fsp3) is 0.256. The molecule has 0 fully saturated rings. The normalized spacial score (nSPS) is 15.6. The summed E-state index contributed by atoms with van der Waals surface area (Å²) in [5.41, 5.74) is 8.37. The van der Waals surface area contributed by atoms with E-state index in [2.05, 4.69) is 44.9 Å². The summed E-state index contributed by atoms with van der Waals surface area (Å²) in [5.74, 6) is 1.96. The number of unbranched alkanes of at least 4 members (excludes halogenated alkanes) is 5. The molecule has 0 aromatic heterocycles. The SMILES string of the molecule is NC1=NC(c2ccc(OCCCCCCCCP(F)(c3ccccc3)(c3ccccc3)c3ccccc3)cc2)NC(=[NH+]CCc2ccccc2)N1.[Cl-]. The number of rotatable bonds is 17. The van der Waals surface area contributed by atoms with Crippen molar-refractivity contribution in [2.24, 2.45) is 10.7 Å². The molecule has 6 rings (SSSR count). The van der Waals surface area contributed by atoms with Gasteiger partial charge in [0.05, 0.1) is 6.54 Å². The van der Waals surface area contributed by atoms with Gasteiger partial charge in [0, 0.05) is 12.0 Å². The second kappa shape index (κ2) is 18.7. The van der Waals surface area contributed by atoms with Gasteiger partial charge in [-0.1, -0.05) is 30.3 Å². The van der Waals surface area contributed by atoms with Crippen molar-refractivity contribution in [3.05, 3.63) is 157 Å². The number of nitrogens with one attached hydrogen (secondary N) is 3. The summed E-state index contributed by atoms with van der Waals surface area (Å²) in [7, 11) is 0. The van der Waals surface area contributed by atoms with E-state index in [-0.39, 0.29) is 18.6 Å². The maximum atomic E-state index is 18.6. The van der Waals surface area contributed by atoms with Gasteiger partial charge in [0.25, 0.3) is 5.96 Å². The van der Waals surface area contributed by atoms with Crippen molar-refractivity contribution in [2.75, 3.05) is 19.3 Å². The molecule has 0 radical (unpaired) electrons. The Morgan fingerprint density at radius 3 is 1.71 bits per heavy atom. The Labute approximate surface area is 314 Å². The molecule has 9 heteroatoms. The van der Waals surface area contributed by atoms with Gasteiger partial charge in [0.1, 0.15) is 0 Å². The molecule has 0 amide bonds. The average Bonchev–Trinajstić information content (AvgIpc) is 3.19. The van der Waals surface area contributed by atoms with Crippen LogP contribution >= 0.6 is 6.91 Å². The Kier molecular flexibility index (Phi) is 13.8. The van der Waals surface area contributed by atoms with E-state index in [1.807, 2.05) is 121 Å². The van der Waals surface area contributed by atoms with E-state index >= 15 is 4.20 Å². The van der Waals surface area contributed by atoms with Crippen molar-refractivity contribution >= 4 is 34.7 Å². The Bertz CT molecular complexity index is 1760. The second-order valence-electron chi connectivity index (χ2n) is 13.2. The fourth-order valence-electron chi connectivity index (χ4n) is 6.94. The maximum absolute atomic E-state index is 18.6. The third-order valence-corrected chi connectivity index (χ3v) is 15.0. The Morgan fingerprint density at radius 1 is 0.654 bits per heavy atom. The molecule has 0 spiro atoms. The van der Waals surface area contributed by atoms with E-state index in [4.69, 9.17) is 10.5 Å². The van der Waals surface area contributed by atoms with Crippen LogP contribution < -0.4 is 54.4 Å². The molecule has 0 saturated carbocycles. The number of halogens is 2. The van der Waals surface area contributed by atoms with Gasteiger partial charge in [0.2, 0.25) is 0 Å². The molecular weight excluding hydrogens is 688 g/mol. The minimum absolute atomic E-state index is 0. The second-order valence-corrected chi connectivity index (χ2v) is 17.5. The van der Waals surface area contributed by atoms with Crippen LogP contribution in [0.15, 0.2) is 151 Å². The first-order valence-corrected chi connectivity index (χ1v) is 20.5. The van der Waals surface area contributed by atoms with Gasteiger partial charge >= 0.3 is 210 Å². The van der Waals surface area contributed by atoms with Crippen LogP contribution in [0.3, 0.4) is 0 Å². The average molecular weight is 738 g/mol. The van der Waals surface area contributed by atoms with Crippen molar-refractivity contribution in [1.29, 1.82) is 0 Å². The van der Waals surface area contributed by atoms with Gasteiger partial charge in [-0.2, -0.15) is 4.99 Å². The third-order valence-electron chi connectivity index (χ3n) is 9.68. The number of aliphatic imine (C=N–C) groups is 1. The molecule has 1 aliphatic heterocycles. The predicted octanol–water partition coefficient (Wildman–Crippen LogP) is 3.01. The molecule has 272 valence electrons. The topological polar surface area (TPSA) is 85.6 Å². The number of ether oxygens (including phenoxy) is 1. The summed E-state index contributed by atoms with van der Waals surface area (Å²) in [6.45, 7) is -2.71. The van der Waals surface area contributed by atoms with Crippen LogP contribution in [-0.4, -0.2) is 31.2 Å². The first-order valence-electron chi connectivity index (χ1n) is 18.2. The van der Waals surface area contributed by atoms with Crippen LogP contribution in [0.4, 0.5) is 4.20 Å². The molecule has 5 N–H and O–H groups in total. The van der Waals surface area contributed by atoms with Crippen molar-refractivity contribution in [1.82, 2.24) is 10.6 Å². The van der Waals surface area contributed by atoms with Crippen LogP contribution in [0, 0.1) is 0 Å². The first-order chi connectivity index (χ1) is 25.0. The zero-order valence-corrected chi connectivity index (χ0v) is 31.3. The number of nitrogens with zero attached hydrogens (tertiary/aromatic N) is 1. The summed E-state index contributed by atoms with van der Waals surface area (Å²) in [5, 5.41) is 8.90. The summed E-state index contributed by atoms with van der Waals surface area (Å²) in [6.07, 6.45) is 7.20. The van der Waals surface area contributed by atoms with Crippen LogP contribution in [0.25, 0.3) is 0 Å². The number of benzene rings is 5. The predicted molar refractivity (Wildman–Crippen MR) is 212 cm³/mol. The Balaban J connectivity index is 0.00000523. The smallest absolute Gasteiger partial charge is 1.00 e. The summed E-state index contributed by atoms with van der Waals surface area (Å²) in [4.78, 5) is 7.92. The van der Waals surface area contributed by atoms with Gasteiger partial charge in [0.15, 0.2) is 6.17 Å².